The van der Waals surface area contributed by atoms with Gasteiger partial charge in [-0.1, -0.05) is 32.9 Å². The van der Waals surface area contributed by atoms with Crippen LogP contribution in [-0.4, -0.2) is 32.9 Å². The van der Waals surface area contributed by atoms with Crippen molar-refractivity contribution in [3.63, 3.8) is 0 Å². The zero-order valence-corrected chi connectivity index (χ0v) is 13.0. The number of nitrogens with zero attached hydrogens (tertiary/aromatic N) is 1. The van der Waals surface area contributed by atoms with Crippen LogP contribution in [0.15, 0.2) is 29.2 Å². The molecule has 1 aromatic carbocycles. The molecule has 0 heterocycles. The topological polar surface area (TPSA) is 63.4 Å². The first kappa shape index (κ1) is 16.1. The van der Waals surface area contributed by atoms with Gasteiger partial charge in [0.2, 0.25) is 10.0 Å². The summed E-state index contributed by atoms with van der Waals surface area (Å²) >= 11 is 0. The van der Waals surface area contributed by atoms with Gasteiger partial charge in [0.25, 0.3) is 0 Å². The second-order valence-electron chi connectivity index (χ2n) is 5.63. The number of hydrogen-bond acceptors (Lipinski definition) is 3. The highest BCUT2D eigenvalue weighted by molar-refractivity contribution is 7.89. The lowest BCUT2D eigenvalue weighted by Crippen LogP contribution is -2.39. The van der Waals surface area contributed by atoms with Gasteiger partial charge in [0.15, 0.2) is 0 Å². The molecule has 5 heteroatoms. The Labute approximate surface area is 116 Å². The lowest BCUT2D eigenvalue weighted by atomic mass is 9.94. The number of benzene rings is 1. The molecule has 0 fully saturated rings. The van der Waals surface area contributed by atoms with Crippen molar-refractivity contribution < 1.29 is 8.42 Å². The van der Waals surface area contributed by atoms with Crippen molar-refractivity contribution in [1.29, 1.82) is 0 Å². The van der Waals surface area contributed by atoms with Gasteiger partial charge in [-0.15, -0.1) is 0 Å². The molecule has 0 aliphatic carbocycles. The van der Waals surface area contributed by atoms with Crippen LogP contribution in [0.4, 0.5) is 0 Å². The Bertz CT molecular complexity index is 524. The number of sulfonamides is 1. The van der Waals surface area contributed by atoms with Crippen LogP contribution in [0, 0.1) is 5.41 Å². The fourth-order valence-corrected chi connectivity index (χ4v) is 3.29. The van der Waals surface area contributed by atoms with E-state index in [1.54, 1.807) is 25.2 Å². The number of hydrogen-bond donors (Lipinski definition) is 1. The highest BCUT2D eigenvalue weighted by Gasteiger charge is 2.27. The van der Waals surface area contributed by atoms with E-state index in [1.165, 1.54) is 4.31 Å². The molecule has 0 spiro atoms. The Morgan fingerprint density at radius 2 is 1.95 bits per heavy atom. The predicted octanol–water partition coefficient (Wildman–Crippen LogP) is 1.85. The molecule has 2 N–H and O–H groups in total. The van der Waals surface area contributed by atoms with Crippen molar-refractivity contribution in [3.8, 4) is 0 Å². The summed E-state index contributed by atoms with van der Waals surface area (Å²) in [6.07, 6.45) is 0.821. The van der Waals surface area contributed by atoms with E-state index in [9.17, 15) is 8.42 Å². The zero-order chi connectivity index (χ0) is 14.7. The summed E-state index contributed by atoms with van der Waals surface area (Å²) < 4.78 is 26.3. The first-order valence-corrected chi connectivity index (χ1v) is 7.92. The number of rotatable bonds is 6. The van der Waals surface area contributed by atoms with E-state index < -0.39 is 10.0 Å². The molecule has 0 amide bonds. The number of nitrogens with two attached hydrogens (primary N) is 1. The molecule has 0 aliphatic heterocycles. The van der Waals surface area contributed by atoms with Crippen LogP contribution in [0.2, 0.25) is 0 Å². The summed E-state index contributed by atoms with van der Waals surface area (Å²) in [7, 11) is -1.83. The predicted molar refractivity (Wildman–Crippen MR) is 78.5 cm³/mol. The summed E-state index contributed by atoms with van der Waals surface area (Å²) in [6, 6.07) is 7.10. The summed E-state index contributed by atoms with van der Waals surface area (Å²) in [5.41, 5.74) is 6.45. The third-order valence-corrected chi connectivity index (χ3v) is 5.02. The van der Waals surface area contributed by atoms with E-state index in [2.05, 4.69) is 0 Å². The van der Waals surface area contributed by atoms with Crippen molar-refractivity contribution in [3.05, 3.63) is 29.8 Å². The number of aryl methyl sites for hydroxylation is 1. The zero-order valence-electron chi connectivity index (χ0n) is 12.2. The third-order valence-electron chi connectivity index (χ3n) is 3.22. The van der Waals surface area contributed by atoms with Gasteiger partial charge in [0, 0.05) is 13.6 Å². The molecule has 0 aromatic heterocycles. The lowest BCUT2D eigenvalue weighted by Gasteiger charge is -2.28. The summed E-state index contributed by atoms with van der Waals surface area (Å²) in [4.78, 5) is 0.349. The Morgan fingerprint density at radius 1 is 1.32 bits per heavy atom. The summed E-state index contributed by atoms with van der Waals surface area (Å²) in [6.45, 7) is 6.78. The minimum Gasteiger partial charge on any atom is -0.330 e. The summed E-state index contributed by atoms with van der Waals surface area (Å²) in [5, 5.41) is 0. The minimum atomic E-state index is -3.44. The van der Waals surface area contributed by atoms with E-state index in [0.717, 1.165) is 12.0 Å². The van der Waals surface area contributed by atoms with E-state index >= 15 is 0 Å². The molecule has 0 bridgehead atoms. The normalized spacial score (nSPS) is 12.9. The molecule has 0 saturated carbocycles. The molecular weight excluding hydrogens is 260 g/mol. The van der Waals surface area contributed by atoms with Crippen LogP contribution < -0.4 is 5.73 Å². The average molecular weight is 284 g/mol. The minimum absolute atomic E-state index is 0.232. The van der Waals surface area contributed by atoms with Gasteiger partial charge >= 0.3 is 0 Å². The van der Waals surface area contributed by atoms with E-state index in [0.29, 0.717) is 18.0 Å². The van der Waals surface area contributed by atoms with Crippen molar-refractivity contribution in [2.75, 3.05) is 20.1 Å². The van der Waals surface area contributed by atoms with Crippen LogP contribution in [0.1, 0.15) is 26.3 Å². The molecule has 19 heavy (non-hydrogen) atoms. The van der Waals surface area contributed by atoms with Crippen LogP contribution in [0.3, 0.4) is 0 Å². The quantitative estimate of drug-likeness (QED) is 0.867. The first-order valence-electron chi connectivity index (χ1n) is 6.48. The third kappa shape index (κ3) is 4.03. The van der Waals surface area contributed by atoms with Crippen LogP contribution in [0.5, 0.6) is 0 Å². The fourth-order valence-electron chi connectivity index (χ4n) is 1.86. The molecule has 0 radical (unpaired) electrons. The van der Waals surface area contributed by atoms with Crippen molar-refractivity contribution >= 4 is 10.0 Å². The van der Waals surface area contributed by atoms with Crippen molar-refractivity contribution in [1.82, 2.24) is 4.31 Å². The first-order chi connectivity index (χ1) is 8.73. The van der Waals surface area contributed by atoms with Crippen LogP contribution in [-0.2, 0) is 16.4 Å². The van der Waals surface area contributed by atoms with Gasteiger partial charge in [-0.3, -0.25) is 0 Å². The van der Waals surface area contributed by atoms with E-state index in [-0.39, 0.29) is 5.41 Å². The van der Waals surface area contributed by atoms with Crippen molar-refractivity contribution in [2.45, 2.75) is 32.1 Å². The van der Waals surface area contributed by atoms with Gasteiger partial charge in [-0.25, -0.2) is 12.7 Å². The molecule has 0 unspecified atom stereocenters. The molecule has 108 valence electrons. The molecule has 1 rings (SSSR count). The van der Waals surface area contributed by atoms with Crippen LogP contribution in [0.25, 0.3) is 0 Å². The highest BCUT2D eigenvalue weighted by Crippen LogP contribution is 2.21. The molecular formula is C14H24N2O2S. The Kier molecular flexibility index (Phi) is 5.12. The Morgan fingerprint density at radius 3 is 2.47 bits per heavy atom. The van der Waals surface area contributed by atoms with Gasteiger partial charge in [-0.2, -0.15) is 0 Å². The lowest BCUT2D eigenvalue weighted by molar-refractivity contribution is 0.292. The monoisotopic (exact) mass is 284 g/mol. The molecule has 0 atom stereocenters. The smallest absolute Gasteiger partial charge is 0.242 e. The largest absolute Gasteiger partial charge is 0.330 e. The molecule has 0 aliphatic rings. The summed E-state index contributed by atoms with van der Waals surface area (Å²) in [5.74, 6) is 0. The maximum Gasteiger partial charge on any atom is 0.242 e. The average Bonchev–Trinajstić information content (AvgIpc) is 2.38. The van der Waals surface area contributed by atoms with Crippen molar-refractivity contribution in [2.24, 2.45) is 11.1 Å². The van der Waals surface area contributed by atoms with E-state index in [1.807, 2.05) is 26.8 Å². The second-order valence-corrected chi connectivity index (χ2v) is 7.68. The van der Waals surface area contributed by atoms with Gasteiger partial charge in [0.1, 0.15) is 0 Å². The Hall–Kier alpha value is -0.910. The SMILES string of the molecule is CCc1cccc(S(=O)(=O)N(C)CC(C)(C)CN)c1. The standard InChI is InChI=1S/C14H24N2O2S/c1-5-12-7-6-8-13(9-12)19(17,18)16(4)11-14(2,3)10-15/h6-9H,5,10-11,15H2,1-4H3. The van der Waals surface area contributed by atoms with E-state index in [4.69, 9.17) is 5.73 Å². The van der Waals surface area contributed by atoms with Gasteiger partial charge < -0.3 is 5.73 Å². The maximum absolute atomic E-state index is 12.5. The Balaban J connectivity index is 3.03. The fraction of sp³-hybridized carbons (Fsp3) is 0.571. The van der Waals surface area contributed by atoms with Gasteiger partial charge in [0.05, 0.1) is 4.90 Å². The maximum atomic E-state index is 12.5. The second kappa shape index (κ2) is 6.03. The van der Waals surface area contributed by atoms with Crippen LogP contribution >= 0.6 is 0 Å². The molecule has 1 aromatic rings. The van der Waals surface area contributed by atoms with Gasteiger partial charge in [-0.05, 0) is 36.1 Å². The molecule has 4 nitrogen and oxygen atoms in total. The highest BCUT2D eigenvalue weighted by atomic mass is 32.2. The molecule has 0 saturated heterocycles.